The number of piperidine rings is 1. The average Bonchev–Trinajstić information content (AvgIpc) is 2.75. The Morgan fingerprint density at radius 3 is 2.78 bits per heavy atom. The number of pyridine rings is 2. The van der Waals surface area contributed by atoms with Crippen LogP contribution in [0.3, 0.4) is 0 Å². The second-order valence-corrected chi connectivity index (χ2v) is 7.01. The predicted octanol–water partition coefficient (Wildman–Crippen LogP) is 4.88. The van der Waals surface area contributed by atoms with Crippen LogP contribution in [-0.4, -0.2) is 28.5 Å². The third-order valence-electron chi connectivity index (χ3n) is 5.24. The van der Waals surface area contributed by atoms with Crippen LogP contribution in [0.2, 0.25) is 0 Å². The van der Waals surface area contributed by atoms with Crippen LogP contribution >= 0.6 is 0 Å². The SMILES string of the molecule is COc1cccc(-c2ccc([C@H]3CCCCN3Cc3ccccn3)cn2)c1. The number of methoxy groups -OCH3 is 1. The highest BCUT2D eigenvalue weighted by molar-refractivity contribution is 5.61. The Kier molecular flexibility index (Phi) is 5.45. The zero-order chi connectivity index (χ0) is 18.5. The molecular formula is C23H25N3O. The van der Waals surface area contributed by atoms with Gasteiger partial charge in [0.05, 0.1) is 18.5 Å². The molecule has 138 valence electrons. The molecule has 3 aromatic rings. The number of nitrogens with zero attached hydrogens (tertiary/aromatic N) is 3. The van der Waals surface area contributed by atoms with Crippen LogP contribution in [-0.2, 0) is 6.54 Å². The molecular weight excluding hydrogens is 334 g/mol. The first-order valence-electron chi connectivity index (χ1n) is 9.58. The van der Waals surface area contributed by atoms with Gasteiger partial charge in [-0.05, 0) is 55.3 Å². The second-order valence-electron chi connectivity index (χ2n) is 7.01. The van der Waals surface area contributed by atoms with E-state index in [1.807, 2.05) is 36.7 Å². The van der Waals surface area contributed by atoms with Crippen molar-refractivity contribution in [1.29, 1.82) is 0 Å². The average molecular weight is 359 g/mol. The minimum atomic E-state index is 0.410. The van der Waals surface area contributed by atoms with E-state index in [4.69, 9.17) is 9.72 Å². The fourth-order valence-electron chi connectivity index (χ4n) is 3.81. The first-order chi connectivity index (χ1) is 13.3. The third kappa shape index (κ3) is 4.17. The Labute approximate surface area is 160 Å². The molecule has 0 amide bonds. The van der Waals surface area contributed by atoms with Gasteiger partial charge in [0.1, 0.15) is 5.75 Å². The molecule has 4 rings (SSSR count). The van der Waals surface area contributed by atoms with Gasteiger partial charge in [-0.2, -0.15) is 0 Å². The van der Waals surface area contributed by atoms with Crippen molar-refractivity contribution in [3.05, 3.63) is 78.2 Å². The second kappa shape index (κ2) is 8.31. The highest BCUT2D eigenvalue weighted by Gasteiger charge is 2.24. The zero-order valence-corrected chi connectivity index (χ0v) is 15.7. The van der Waals surface area contributed by atoms with Crippen molar-refractivity contribution in [1.82, 2.24) is 14.9 Å². The Morgan fingerprint density at radius 2 is 2.00 bits per heavy atom. The molecule has 0 radical (unpaired) electrons. The highest BCUT2D eigenvalue weighted by Crippen LogP contribution is 2.32. The van der Waals surface area contributed by atoms with E-state index in [2.05, 4.69) is 40.2 Å². The van der Waals surface area contributed by atoms with Gasteiger partial charge in [-0.1, -0.05) is 30.7 Å². The monoisotopic (exact) mass is 359 g/mol. The lowest BCUT2D eigenvalue weighted by Gasteiger charge is -2.35. The summed E-state index contributed by atoms with van der Waals surface area (Å²) in [5, 5.41) is 0. The quantitative estimate of drug-likeness (QED) is 0.651. The molecule has 1 atom stereocenters. The Hall–Kier alpha value is -2.72. The maximum absolute atomic E-state index is 5.33. The van der Waals surface area contributed by atoms with E-state index in [9.17, 15) is 0 Å². The van der Waals surface area contributed by atoms with E-state index in [1.54, 1.807) is 7.11 Å². The molecule has 0 aliphatic carbocycles. The Bertz CT molecular complexity index is 864. The highest BCUT2D eigenvalue weighted by atomic mass is 16.5. The standard InChI is InChI=1S/C23H25N3O/c1-27-21-9-6-7-18(15-21)22-12-11-19(16-25-22)23-10-3-5-14-26(23)17-20-8-2-4-13-24-20/h2,4,6-9,11-13,15-16,23H,3,5,10,14,17H2,1H3/t23-/m1/s1. The zero-order valence-electron chi connectivity index (χ0n) is 15.7. The van der Waals surface area contributed by atoms with Crippen molar-refractivity contribution in [3.63, 3.8) is 0 Å². The summed E-state index contributed by atoms with van der Waals surface area (Å²) in [7, 11) is 1.69. The summed E-state index contributed by atoms with van der Waals surface area (Å²) >= 11 is 0. The van der Waals surface area contributed by atoms with Crippen LogP contribution in [0.4, 0.5) is 0 Å². The lowest BCUT2D eigenvalue weighted by atomic mass is 9.95. The van der Waals surface area contributed by atoms with Crippen LogP contribution in [0.5, 0.6) is 5.75 Å². The van der Waals surface area contributed by atoms with E-state index in [0.29, 0.717) is 6.04 Å². The Balaban J connectivity index is 1.54. The lowest BCUT2D eigenvalue weighted by Crippen LogP contribution is -2.33. The third-order valence-corrected chi connectivity index (χ3v) is 5.24. The molecule has 2 aromatic heterocycles. The number of ether oxygens (including phenoxy) is 1. The number of hydrogen-bond acceptors (Lipinski definition) is 4. The number of rotatable bonds is 5. The van der Waals surface area contributed by atoms with Crippen molar-refractivity contribution >= 4 is 0 Å². The molecule has 1 saturated heterocycles. The van der Waals surface area contributed by atoms with E-state index in [0.717, 1.165) is 35.8 Å². The van der Waals surface area contributed by atoms with Crippen LogP contribution in [0.1, 0.15) is 36.6 Å². The summed E-state index contributed by atoms with van der Waals surface area (Å²) in [4.78, 5) is 11.8. The van der Waals surface area contributed by atoms with Crippen LogP contribution in [0.25, 0.3) is 11.3 Å². The molecule has 0 bridgehead atoms. The number of benzene rings is 1. The van der Waals surface area contributed by atoms with Gasteiger partial charge in [0.2, 0.25) is 0 Å². The molecule has 0 spiro atoms. The Morgan fingerprint density at radius 1 is 1.04 bits per heavy atom. The minimum absolute atomic E-state index is 0.410. The molecule has 4 nitrogen and oxygen atoms in total. The molecule has 1 aliphatic rings. The number of aromatic nitrogens is 2. The summed E-state index contributed by atoms with van der Waals surface area (Å²) in [5.74, 6) is 0.854. The van der Waals surface area contributed by atoms with Gasteiger partial charge >= 0.3 is 0 Å². The van der Waals surface area contributed by atoms with Gasteiger partial charge in [-0.25, -0.2) is 0 Å². The molecule has 1 aromatic carbocycles. The molecule has 0 unspecified atom stereocenters. The van der Waals surface area contributed by atoms with E-state index >= 15 is 0 Å². The fourth-order valence-corrected chi connectivity index (χ4v) is 3.81. The van der Waals surface area contributed by atoms with Crippen LogP contribution in [0, 0.1) is 0 Å². The molecule has 0 N–H and O–H groups in total. The largest absolute Gasteiger partial charge is 0.497 e. The minimum Gasteiger partial charge on any atom is -0.497 e. The van der Waals surface area contributed by atoms with Gasteiger partial charge in [0.25, 0.3) is 0 Å². The fraction of sp³-hybridized carbons (Fsp3) is 0.304. The van der Waals surface area contributed by atoms with Crippen molar-refractivity contribution < 1.29 is 4.74 Å². The van der Waals surface area contributed by atoms with Crippen LogP contribution in [0.15, 0.2) is 67.0 Å². The van der Waals surface area contributed by atoms with E-state index in [-0.39, 0.29) is 0 Å². The first-order valence-corrected chi connectivity index (χ1v) is 9.58. The smallest absolute Gasteiger partial charge is 0.119 e. The maximum atomic E-state index is 5.33. The first kappa shape index (κ1) is 17.7. The molecule has 1 fully saturated rings. The maximum Gasteiger partial charge on any atom is 0.119 e. The van der Waals surface area contributed by atoms with Crippen molar-refractivity contribution in [3.8, 4) is 17.0 Å². The van der Waals surface area contributed by atoms with Crippen LogP contribution < -0.4 is 4.74 Å². The number of hydrogen-bond donors (Lipinski definition) is 0. The van der Waals surface area contributed by atoms with Gasteiger partial charge < -0.3 is 4.74 Å². The van der Waals surface area contributed by atoms with Gasteiger partial charge in [0.15, 0.2) is 0 Å². The topological polar surface area (TPSA) is 38.2 Å². The lowest BCUT2D eigenvalue weighted by molar-refractivity contribution is 0.138. The summed E-state index contributed by atoms with van der Waals surface area (Å²) < 4.78 is 5.33. The van der Waals surface area contributed by atoms with E-state index in [1.165, 1.54) is 24.8 Å². The summed E-state index contributed by atoms with van der Waals surface area (Å²) in [6.07, 6.45) is 7.60. The molecule has 1 aliphatic heterocycles. The molecule has 0 saturated carbocycles. The van der Waals surface area contributed by atoms with Gasteiger partial charge in [0, 0.05) is 30.5 Å². The predicted molar refractivity (Wildman–Crippen MR) is 107 cm³/mol. The summed E-state index contributed by atoms with van der Waals surface area (Å²) in [5.41, 5.74) is 4.47. The van der Waals surface area contributed by atoms with Gasteiger partial charge in [-0.3, -0.25) is 14.9 Å². The molecule has 4 heteroatoms. The molecule has 27 heavy (non-hydrogen) atoms. The molecule has 3 heterocycles. The summed E-state index contributed by atoms with van der Waals surface area (Å²) in [6, 6.07) is 18.9. The summed E-state index contributed by atoms with van der Waals surface area (Å²) in [6.45, 7) is 2.00. The van der Waals surface area contributed by atoms with Gasteiger partial charge in [-0.15, -0.1) is 0 Å². The van der Waals surface area contributed by atoms with Crippen molar-refractivity contribution in [2.75, 3.05) is 13.7 Å². The van der Waals surface area contributed by atoms with Crippen molar-refractivity contribution in [2.45, 2.75) is 31.8 Å². The normalized spacial score (nSPS) is 17.6. The number of likely N-dealkylation sites (tertiary alicyclic amines) is 1. The van der Waals surface area contributed by atoms with Crippen molar-refractivity contribution in [2.24, 2.45) is 0 Å². The van der Waals surface area contributed by atoms with E-state index < -0.39 is 0 Å².